The molecule has 308 valence electrons. The third-order valence-corrected chi connectivity index (χ3v) is 14.2. The molecule has 0 N–H and O–H groups in total. The Morgan fingerprint density at radius 2 is 0.818 bits per heavy atom. The van der Waals surface area contributed by atoms with Crippen LogP contribution in [0.25, 0.3) is 83.2 Å². The van der Waals surface area contributed by atoms with E-state index >= 15 is 0 Å². The summed E-state index contributed by atoms with van der Waals surface area (Å²) in [6.07, 6.45) is 0. The molecule has 2 heterocycles. The molecule has 0 saturated carbocycles. The van der Waals surface area contributed by atoms with E-state index in [1.54, 1.807) is 0 Å². The minimum Gasteiger partial charge on any atom is -0.456 e. The molecule has 0 fully saturated rings. The first-order valence-corrected chi connectivity index (χ1v) is 22.7. The lowest BCUT2D eigenvalue weighted by Crippen LogP contribution is -2.26. The second-order valence-corrected chi connectivity index (χ2v) is 17.6. The summed E-state index contributed by atoms with van der Waals surface area (Å²) in [5.74, 6) is 0.957. The second-order valence-electron chi connectivity index (χ2n) is 17.6. The van der Waals surface area contributed by atoms with Gasteiger partial charge in [-0.3, -0.25) is 0 Å². The summed E-state index contributed by atoms with van der Waals surface area (Å²) in [6.45, 7) is 0. The molecule has 1 spiro atoms. The Labute approximate surface area is 382 Å². The summed E-state index contributed by atoms with van der Waals surface area (Å²) >= 11 is 0. The van der Waals surface area contributed by atoms with Gasteiger partial charge >= 0.3 is 0 Å². The van der Waals surface area contributed by atoms with Crippen molar-refractivity contribution in [3.05, 3.63) is 265 Å². The maximum Gasteiger partial charge on any atom is 0.140 e. The molecule has 10 aromatic carbocycles. The number of furan rings is 1. The summed E-state index contributed by atoms with van der Waals surface area (Å²) in [7, 11) is 0. The molecule has 14 rings (SSSR count). The van der Waals surface area contributed by atoms with Crippen LogP contribution in [-0.4, -0.2) is 4.57 Å². The van der Waals surface area contributed by atoms with E-state index in [2.05, 4.69) is 252 Å². The Bertz CT molecular complexity index is 3770. The topological polar surface area (TPSA) is 21.3 Å². The van der Waals surface area contributed by atoms with Crippen molar-refractivity contribution in [3.63, 3.8) is 0 Å². The number of para-hydroxylation sites is 5. The molecule has 2 aromatic heterocycles. The first-order chi connectivity index (χ1) is 32.7. The molecule has 1 unspecified atom stereocenters. The number of benzene rings is 10. The van der Waals surface area contributed by atoms with Crippen molar-refractivity contribution in [1.82, 2.24) is 4.57 Å². The number of hydrogen-bond donors (Lipinski definition) is 0. The third-order valence-electron chi connectivity index (χ3n) is 14.2. The minimum atomic E-state index is -0.602. The van der Waals surface area contributed by atoms with E-state index < -0.39 is 5.41 Å². The highest BCUT2D eigenvalue weighted by atomic mass is 16.3. The highest BCUT2D eigenvalue weighted by Gasteiger charge is 2.54. The van der Waals surface area contributed by atoms with Gasteiger partial charge in [-0.1, -0.05) is 164 Å². The molecule has 1 atom stereocenters. The van der Waals surface area contributed by atoms with Crippen LogP contribution in [0.3, 0.4) is 0 Å². The number of anilines is 3. The lowest BCUT2D eigenvalue weighted by molar-refractivity contribution is 0.628. The molecular weight excluding hydrogens is 801 g/mol. The maximum absolute atomic E-state index is 6.94. The molecule has 0 saturated heterocycles. The van der Waals surface area contributed by atoms with Gasteiger partial charge in [-0.15, -0.1) is 0 Å². The number of rotatable bonds is 6. The van der Waals surface area contributed by atoms with Gasteiger partial charge in [0.25, 0.3) is 0 Å². The van der Waals surface area contributed by atoms with Gasteiger partial charge in [-0.2, -0.15) is 0 Å². The van der Waals surface area contributed by atoms with Crippen LogP contribution in [0.1, 0.15) is 22.3 Å². The highest BCUT2D eigenvalue weighted by molar-refractivity contribution is 6.09. The Kier molecular flexibility index (Phi) is 7.90. The minimum absolute atomic E-state index is 0.602. The fourth-order valence-corrected chi connectivity index (χ4v) is 11.4. The van der Waals surface area contributed by atoms with E-state index in [-0.39, 0.29) is 0 Å². The zero-order valence-corrected chi connectivity index (χ0v) is 35.9. The molecule has 66 heavy (non-hydrogen) atoms. The van der Waals surface area contributed by atoms with Crippen LogP contribution in [-0.2, 0) is 5.41 Å². The molecular formula is C63H40N2O. The van der Waals surface area contributed by atoms with Crippen LogP contribution in [0.2, 0.25) is 0 Å². The lowest BCUT2D eigenvalue weighted by atomic mass is 9.69. The third kappa shape index (κ3) is 5.20. The largest absolute Gasteiger partial charge is 0.456 e. The summed E-state index contributed by atoms with van der Waals surface area (Å²) in [5, 5.41) is 3.68. The molecule has 0 radical (unpaired) electrons. The van der Waals surface area contributed by atoms with Crippen molar-refractivity contribution in [2.75, 3.05) is 4.90 Å². The van der Waals surface area contributed by atoms with Crippen molar-refractivity contribution in [3.8, 4) is 50.4 Å². The van der Waals surface area contributed by atoms with E-state index in [0.717, 1.165) is 50.6 Å². The quantitative estimate of drug-likeness (QED) is 0.166. The molecule has 0 amide bonds. The molecule has 3 heteroatoms. The summed E-state index contributed by atoms with van der Waals surface area (Å²) < 4.78 is 9.33. The molecule has 0 aliphatic heterocycles. The Morgan fingerprint density at radius 3 is 1.47 bits per heavy atom. The number of fused-ring (bicyclic) bond motifs is 15. The monoisotopic (exact) mass is 840 g/mol. The second kappa shape index (κ2) is 14.2. The summed E-state index contributed by atoms with van der Waals surface area (Å²) in [5.41, 5.74) is 20.6. The van der Waals surface area contributed by atoms with E-state index in [4.69, 9.17) is 4.42 Å². The van der Waals surface area contributed by atoms with Gasteiger partial charge in [0.1, 0.15) is 11.3 Å². The van der Waals surface area contributed by atoms with Crippen molar-refractivity contribution < 1.29 is 4.42 Å². The fourth-order valence-electron chi connectivity index (χ4n) is 11.4. The van der Waals surface area contributed by atoms with Gasteiger partial charge in [-0.05, 0) is 129 Å². The van der Waals surface area contributed by atoms with Gasteiger partial charge in [0, 0.05) is 50.0 Å². The zero-order chi connectivity index (χ0) is 43.3. The molecule has 2 aliphatic rings. The average Bonchev–Trinajstić information content (AvgIpc) is 4.10. The van der Waals surface area contributed by atoms with Gasteiger partial charge < -0.3 is 13.9 Å². The molecule has 3 nitrogen and oxygen atoms in total. The normalized spacial score (nSPS) is 14.4. The van der Waals surface area contributed by atoms with E-state index in [0.29, 0.717) is 0 Å². The Hall–Kier alpha value is -8.66. The Balaban J connectivity index is 0.931. The lowest BCUT2D eigenvalue weighted by Gasteiger charge is -2.30. The van der Waals surface area contributed by atoms with Crippen LogP contribution < -0.4 is 4.90 Å². The van der Waals surface area contributed by atoms with Gasteiger partial charge in [0.05, 0.1) is 16.4 Å². The standard InChI is InChI=1S/C63H40N2O/c1-3-15-45(16-4-1)64(46-17-5-2-6-18-46)47-33-27-41(28-34-47)44-32-38-53-57(40-44)63(61-54-22-10-14-26-60(54)66-62(53)61)55-23-11-7-19-49(55)50-37-31-43(39-56(50)63)42-29-35-48(36-30-42)65-58-24-12-8-20-51(58)52-21-9-13-25-59(52)65/h1-40H. The molecule has 12 aromatic rings. The first-order valence-electron chi connectivity index (χ1n) is 22.7. The van der Waals surface area contributed by atoms with Gasteiger partial charge in [0.2, 0.25) is 0 Å². The maximum atomic E-state index is 6.94. The van der Waals surface area contributed by atoms with Crippen molar-refractivity contribution >= 4 is 49.8 Å². The number of nitrogens with zero attached hydrogens (tertiary/aromatic N) is 2. The van der Waals surface area contributed by atoms with Gasteiger partial charge in [0.15, 0.2) is 0 Å². The molecule has 0 bridgehead atoms. The number of aromatic nitrogens is 1. The first kappa shape index (κ1) is 36.8. The van der Waals surface area contributed by atoms with E-state index in [1.165, 1.54) is 71.9 Å². The van der Waals surface area contributed by atoms with Crippen molar-refractivity contribution in [2.45, 2.75) is 5.41 Å². The van der Waals surface area contributed by atoms with Crippen LogP contribution >= 0.6 is 0 Å². The van der Waals surface area contributed by atoms with Crippen LogP contribution in [0.4, 0.5) is 17.1 Å². The zero-order valence-electron chi connectivity index (χ0n) is 35.9. The predicted octanol–water partition coefficient (Wildman–Crippen LogP) is 16.7. The van der Waals surface area contributed by atoms with E-state index in [9.17, 15) is 0 Å². The van der Waals surface area contributed by atoms with Crippen LogP contribution in [0.15, 0.2) is 247 Å². The van der Waals surface area contributed by atoms with E-state index in [1.807, 2.05) is 0 Å². The van der Waals surface area contributed by atoms with Crippen molar-refractivity contribution in [1.29, 1.82) is 0 Å². The molecule has 2 aliphatic carbocycles. The fraction of sp³-hybridized carbons (Fsp3) is 0.0159. The number of hydrogen-bond acceptors (Lipinski definition) is 2. The Morgan fingerprint density at radius 1 is 0.348 bits per heavy atom. The smallest absolute Gasteiger partial charge is 0.140 e. The van der Waals surface area contributed by atoms with Crippen LogP contribution in [0, 0.1) is 0 Å². The average molecular weight is 841 g/mol. The SMILES string of the molecule is c1ccc(N(c2ccccc2)c2ccc(-c3ccc4c(c3)C3(c5ccccc5-c5ccc(-c6ccc(-n7c8ccccc8c8ccccc87)cc6)cc53)c3c-4oc4ccccc34)cc2)cc1. The summed E-state index contributed by atoms with van der Waals surface area (Å²) in [6, 6.07) is 88.5. The van der Waals surface area contributed by atoms with Crippen LogP contribution in [0.5, 0.6) is 0 Å². The van der Waals surface area contributed by atoms with Gasteiger partial charge in [-0.25, -0.2) is 0 Å². The predicted molar refractivity (Wildman–Crippen MR) is 272 cm³/mol. The summed E-state index contributed by atoms with van der Waals surface area (Å²) in [4.78, 5) is 2.31. The van der Waals surface area contributed by atoms with Crippen molar-refractivity contribution in [2.24, 2.45) is 0 Å². The highest BCUT2D eigenvalue weighted by Crippen LogP contribution is 2.65.